The lowest BCUT2D eigenvalue weighted by molar-refractivity contribution is -0.118. The zero-order chi connectivity index (χ0) is 20.1. The highest BCUT2D eigenvalue weighted by Gasteiger charge is 2.41. The number of para-hydroxylation sites is 1. The summed E-state index contributed by atoms with van der Waals surface area (Å²) in [5.74, 6) is -1.70. The molecule has 0 spiro atoms. The van der Waals surface area contributed by atoms with E-state index in [0.717, 1.165) is 11.8 Å². The Morgan fingerprint density at radius 2 is 2.04 bits per heavy atom. The highest BCUT2D eigenvalue weighted by molar-refractivity contribution is 8.03. The van der Waals surface area contributed by atoms with Crippen molar-refractivity contribution in [3.63, 3.8) is 0 Å². The molecule has 3 N–H and O–H groups in total. The summed E-state index contributed by atoms with van der Waals surface area (Å²) >= 11 is 1.08. The number of nitrogens with zero attached hydrogens (tertiary/aromatic N) is 2. The van der Waals surface area contributed by atoms with E-state index in [0.29, 0.717) is 22.2 Å². The fourth-order valence-corrected chi connectivity index (χ4v) is 3.87. The normalized spacial score (nSPS) is 18.9. The van der Waals surface area contributed by atoms with Crippen LogP contribution in [0.3, 0.4) is 0 Å². The van der Waals surface area contributed by atoms with Gasteiger partial charge >= 0.3 is 0 Å². The predicted octanol–water partition coefficient (Wildman–Crippen LogP) is 3.05. The van der Waals surface area contributed by atoms with E-state index in [1.54, 1.807) is 31.2 Å². The second-order valence-electron chi connectivity index (χ2n) is 6.16. The van der Waals surface area contributed by atoms with Crippen molar-refractivity contribution < 1.29 is 14.0 Å². The number of nitriles is 1. The number of hydrogen-bond donors (Lipinski definition) is 2. The van der Waals surface area contributed by atoms with Gasteiger partial charge in [0.25, 0.3) is 0 Å². The number of allylic oxidation sites excluding steroid dienone is 1. The third kappa shape index (κ3) is 4.15. The van der Waals surface area contributed by atoms with E-state index in [1.165, 1.54) is 6.26 Å². The predicted molar refractivity (Wildman–Crippen MR) is 107 cm³/mol. The molecule has 8 heteroatoms. The molecule has 2 atom stereocenters. The Balaban J connectivity index is 2.00. The third-order valence-electron chi connectivity index (χ3n) is 4.25. The van der Waals surface area contributed by atoms with Crippen LogP contribution in [0, 0.1) is 17.2 Å². The minimum Gasteiger partial charge on any atom is -0.469 e. The fraction of sp³-hybridized carbons (Fsp3) is 0.200. The Kier molecular flexibility index (Phi) is 5.96. The number of carbonyl (C=O) groups excluding carboxylic acids is 2. The largest absolute Gasteiger partial charge is 0.469 e. The Morgan fingerprint density at radius 3 is 2.64 bits per heavy atom. The van der Waals surface area contributed by atoms with Gasteiger partial charge in [0.1, 0.15) is 10.8 Å². The summed E-state index contributed by atoms with van der Waals surface area (Å²) in [4.78, 5) is 28.7. The summed E-state index contributed by atoms with van der Waals surface area (Å²) in [6.07, 6.45) is 1.49. The molecule has 1 aromatic heterocycles. The number of thioether (sulfide) groups is 1. The number of rotatable bonds is 6. The number of aliphatic imine (C=N–C) groups is 1. The molecule has 1 aromatic carbocycles. The maximum Gasteiger partial charge on any atom is 0.234 e. The molecule has 2 amide bonds. The van der Waals surface area contributed by atoms with Gasteiger partial charge in [-0.1, -0.05) is 30.0 Å². The quantitative estimate of drug-likeness (QED) is 0.780. The van der Waals surface area contributed by atoms with Gasteiger partial charge in [-0.2, -0.15) is 5.26 Å². The first-order chi connectivity index (χ1) is 13.5. The summed E-state index contributed by atoms with van der Waals surface area (Å²) in [7, 11) is 0. The van der Waals surface area contributed by atoms with Gasteiger partial charge in [0.15, 0.2) is 0 Å². The zero-order valence-corrected chi connectivity index (χ0v) is 15.9. The SMILES string of the molecule is CC1=NC(SCC(N)=O)=C(C#N)[C@@H](c2ccco2)C1C(=O)Nc1ccccc1. The summed E-state index contributed by atoms with van der Waals surface area (Å²) in [5, 5.41) is 13.0. The van der Waals surface area contributed by atoms with Crippen LogP contribution in [-0.2, 0) is 9.59 Å². The first kappa shape index (κ1) is 19.5. The van der Waals surface area contributed by atoms with Gasteiger partial charge in [0.2, 0.25) is 11.8 Å². The second-order valence-corrected chi connectivity index (χ2v) is 7.13. The number of nitrogens with two attached hydrogens (primary N) is 1. The molecular weight excluding hydrogens is 376 g/mol. The third-order valence-corrected chi connectivity index (χ3v) is 5.26. The van der Waals surface area contributed by atoms with Crippen LogP contribution in [0.4, 0.5) is 5.69 Å². The Labute approximate surface area is 166 Å². The highest BCUT2D eigenvalue weighted by atomic mass is 32.2. The Morgan fingerprint density at radius 1 is 1.29 bits per heavy atom. The number of carbonyl (C=O) groups is 2. The summed E-state index contributed by atoms with van der Waals surface area (Å²) < 4.78 is 5.54. The van der Waals surface area contributed by atoms with Gasteiger partial charge in [-0.25, -0.2) is 4.99 Å². The average molecular weight is 394 g/mol. The van der Waals surface area contributed by atoms with E-state index in [4.69, 9.17) is 10.2 Å². The van der Waals surface area contributed by atoms with Crippen LogP contribution in [0.25, 0.3) is 0 Å². The number of primary amides is 1. The van der Waals surface area contributed by atoms with Crippen molar-refractivity contribution in [2.45, 2.75) is 12.8 Å². The van der Waals surface area contributed by atoms with Crippen molar-refractivity contribution in [3.8, 4) is 6.07 Å². The van der Waals surface area contributed by atoms with Crippen LogP contribution < -0.4 is 11.1 Å². The molecule has 1 unspecified atom stereocenters. The molecule has 2 heterocycles. The van der Waals surface area contributed by atoms with E-state index in [9.17, 15) is 14.9 Å². The van der Waals surface area contributed by atoms with Crippen LogP contribution in [0.2, 0.25) is 0 Å². The number of benzene rings is 1. The maximum atomic E-state index is 13.1. The lowest BCUT2D eigenvalue weighted by Gasteiger charge is -2.29. The average Bonchev–Trinajstić information content (AvgIpc) is 3.20. The van der Waals surface area contributed by atoms with Crippen LogP contribution in [0.5, 0.6) is 0 Å². The van der Waals surface area contributed by atoms with Crippen molar-refractivity contribution in [1.29, 1.82) is 5.26 Å². The van der Waals surface area contributed by atoms with Crippen molar-refractivity contribution >= 4 is 35.0 Å². The minimum atomic E-state index is -0.723. The van der Waals surface area contributed by atoms with Crippen LogP contribution in [0.1, 0.15) is 18.6 Å². The molecule has 0 fully saturated rings. The Hall–Kier alpha value is -3.31. The van der Waals surface area contributed by atoms with Crippen molar-refractivity contribution in [2.24, 2.45) is 16.6 Å². The summed E-state index contributed by atoms with van der Waals surface area (Å²) in [6, 6.07) is 14.6. The van der Waals surface area contributed by atoms with Crippen LogP contribution in [0.15, 0.2) is 68.7 Å². The van der Waals surface area contributed by atoms with Gasteiger partial charge in [0.05, 0.1) is 35.5 Å². The molecule has 1 aliphatic heterocycles. The summed E-state index contributed by atoms with van der Waals surface area (Å²) in [5.41, 5.74) is 6.68. The van der Waals surface area contributed by atoms with Gasteiger partial charge < -0.3 is 15.5 Å². The van der Waals surface area contributed by atoms with Gasteiger partial charge in [-0.15, -0.1) is 0 Å². The van der Waals surface area contributed by atoms with Gasteiger partial charge in [-0.3, -0.25) is 9.59 Å². The van der Waals surface area contributed by atoms with Crippen molar-refractivity contribution in [3.05, 3.63) is 65.1 Å². The van der Waals surface area contributed by atoms with Crippen molar-refractivity contribution in [2.75, 3.05) is 11.1 Å². The van der Waals surface area contributed by atoms with E-state index in [-0.39, 0.29) is 17.2 Å². The lowest BCUT2D eigenvalue weighted by atomic mass is 9.79. The molecule has 28 heavy (non-hydrogen) atoms. The lowest BCUT2D eigenvalue weighted by Crippen LogP contribution is -2.36. The molecule has 1 aliphatic rings. The first-order valence-corrected chi connectivity index (χ1v) is 9.49. The molecular formula is C20H18N4O3S. The highest BCUT2D eigenvalue weighted by Crippen LogP contribution is 2.42. The Bertz CT molecular complexity index is 975. The molecule has 142 valence electrons. The maximum absolute atomic E-state index is 13.1. The minimum absolute atomic E-state index is 0.0109. The van der Waals surface area contributed by atoms with E-state index in [2.05, 4.69) is 16.4 Å². The number of hydrogen-bond acceptors (Lipinski definition) is 6. The van der Waals surface area contributed by atoms with Gasteiger partial charge in [-0.05, 0) is 31.2 Å². The standard InChI is InChI=1S/C20H18N4O3S/c1-12-17(19(26)24-13-6-3-2-4-7-13)18(15-8-5-9-27-15)14(10-21)20(23-12)28-11-16(22)25/h2-9,17-18H,11H2,1H3,(H2,22,25)(H,24,26)/t17?,18-/m0/s1. The molecule has 0 saturated carbocycles. The van der Waals surface area contributed by atoms with E-state index >= 15 is 0 Å². The zero-order valence-electron chi connectivity index (χ0n) is 15.1. The number of anilines is 1. The van der Waals surface area contributed by atoms with Gasteiger partial charge in [0, 0.05) is 11.4 Å². The summed E-state index contributed by atoms with van der Waals surface area (Å²) in [6.45, 7) is 1.73. The van der Waals surface area contributed by atoms with Crippen LogP contribution >= 0.6 is 11.8 Å². The van der Waals surface area contributed by atoms with E-state index < -0.39 is 17.7 Å². The molecule has 0 saturated heterocycles. The van der Waals surface area contributed by atoms with Crippen LogP contribution in [-0.4, -0.2) is 23.3 Å². The molecule has 2 aromatic rings. The number of amides is 2. The molecule has 0 radical (unpaired) electrons. The molecule has 3 rings (SSSR count). The topological polar surface area (TPSA) is 121 Å². The number of furan rings is 1. The van der Waals surface area contributed by atoms with Crippen molar-refractivity contribution in [1.82, 2.24) is 0 Å². The smallest absolute Gasteiger partial charge is 0.234 e. The monoisotopic (exact) mass is 394 g/mol. The fourth-order valence-electron chi connectivity index (χ4n) is 3.06. The molecule has 0 bridgehead atoms. The molecule has 7 nitrogen and oxygen atoms in total. The number of nitrogens with one attached hydrogen (secondary N) is 1. The molecule has 0 aliphatic carbocycles. The first-order valence-electron chi connectivity index (χ1n) is 8.51. The second kappa shape index (κ2) is 8.59. The van der Waals surface area contributed by atoms with E-state index in [1.807, 2.05) is 18.2 Å².